The maximum absolute atomic E-state index is 11.8. The molecule has 6 nitrogen and oxygen atoms in total. The third kappa shape index (κ3) is 5.07. The molecule has 0 unspecified atom stereocenters. The predicted octanol–water partition coefficient (Wildman–Crippen LogP) is 0.958. The van der Waals surface area contributed by atoms with E-state index in [0.29, 0.717) is 13.1 Å². The lowest BCUT2D eigenvalue weighted by Crippen LogP contribution is -2.26. The molecule has 0 aliphatic rings. The Bertz CT molecular complexity index is 839. The quantitative estimate of drug-likeness (QED) is 0.852. The van der Waals surface area contributed by atoms with Crippen molar-refractivity contribution in [3.05, 3.63) is 64.6 Å². The lowest BCUT2D eigenvalue weighted by atomic mass is 10.2. The molecule has 2 aromatic rings. The second kappa shape index (κ2) is 7.23. The van der Waals surface area contributed by atoms with Gasteiger partial charge < -0.3 is 9.88 Å². The SMILES string of the molecule is CS(=O)(=O)c1ccc(CNC(=O)CCn2ccccc2=O)cc1. The Morgan fingerprint density at radius 2 is 1.83 bits per heavy atom. The van der Waals surface area contributed by atoms with Crippen LogP contribution in [0.4, 0.5) is 0 Å². The zero-order chi connectivity index (χ0) is 16.9. The summed E-state index contributed by atoms with van der Waals surface area (Å²) in [6.07, 6.45) is 2.99. The summed E-state index contributed by atoms with van der Waals surface area (Å²) >= 11 is 0. The fourth-order valence-electron chi connectivity index (χ4n) is 2.01. The molecule has 0 aliphatic carbocycles. The second-order valence-corrected chi connectivity index (χ2v) is 7.19. The average molecular weight is 334 g/mol. The number of carbonyl (C=O) groups excluding carboxylic acids is 1. The maximum atomic E-state index is 11.8. The first-order valence-corrected chi connectivity index (χ1v) is 8.96. The Morgan fingerprint density at radius 1 is 1.13 bits per heavy atom. The van der Waals surface area contributed by atoms with Crippen LogP contribution in [-0.2, 0) is 27.7 Å². The summed E-state index contributed by atoms with van der Waals surface area (Å²) in [6.45, 7) is 0.630. The first kappa shape index (κ1) is 17.0. The Morgan fingerprint density at radius 3 is 2.43 bits per heavy atom. The maximum Gasteiger partial charge on any atom is 0.250 e. The number of nitrogens with zero attached hydrogens (tertiary/aromatic N) is 1. The fourth-order valence-corrected chi connectivity index (χ4v) is 2.64. The molecule has 0 saturated heterocycles. The van der Waals surface area contributed by atoms with E-state index in [1.807, 2.05) is 0 Å². The number of rotatable bonds is 6. The molecule has 122 valence electrons. The Kier molecular flexibility index (Phi) is 5.33. The molecule has 0 radical (unpaired) electrons. The zero-order valence-corrected chi connectivity index (χ0v) is 13.5. The van der Waals surface area contributed by atoms with E-state index in [9.17, 15) is 18.0 Å². The minimum absolute atomic E-state index is 0.142. The predicted molar refractivity (Wildman–Crippen MR) is 86.7 cm³/mol. The summed E-state index contributed by atoms with van der Waals surface area (Å²) in [7, 11) is -3.21. The van der Waals surface area contributed by atoms with Crippen molar-refractivity contribution < 1.29 is 13.2 Å². The molecule has 1 N–H and O–H groups in total. The number of carbonyl (C=O) groups is 1. The van der Waals surface area contributed by atoms with Crippen LogP contribution < -0.4 is 10.9 Å². The monoisotopic (exact) mass is 334 g/mol. The molecule has 0 fully saturated rings. The molecule has 23 heavy (non-hydrogen) atoms. The number of aromatic nitrogens is 1. The molecule has 0 saturated carbocycles. The van der Waals surface area contributed by atoms with Crippen molar-refractivity contribution in [3.63, 3.8) is 0 Å². The van der Waals surface area contributed by atoms with Gasteiger partial charge in [-0.05, 0) is 23.8 Å². The summed E-state index contributed by atoms with van der Waals surface area (Å²) in [5, 5.41) is 2.74. The summed E-state index contributed by atoms with van der Waals surface area (Å²) < 4.78 is 24.2. The third-order valence-corrected chi connectivity index (χ3v) is 4.45. The van der Waals surface area contributed by atoms with Gasteiger partial charge in [0.2, 0.25) is 5.91 Å². The number of pyridine rings is 1. The Balaban J connectivity index is 1.85. The van der Waals surface area contributed by atoms with E-state index in [4.69, 9.17) is 0 Å². The molecule has 0 aliphatic heterocycles. The fraction of sp³-hybridized carbons (Fsp3) is 0.250. The van der Waals surface area contributed by atoms with Gasteiger partial charge in [0, 0.05) is 38.0 Å². The lowest BCUT2D eigenvalue weighted by Gasteiger charge is -2.07. The standard InChI is InChI=1S/C16H18N2O4S/c1-23(21,22)14-7-5-13(6-8-14)12-17-15(19)9-11-18-10-3-2-4-16(18)20/h2-8,10H,9,11-12H2,1H3,(H,17,19). The van der Waals surface area contributed by atoms with Gasteiger partial charge in [-0.15, -0.1) is 0 Å². The van der Waals surface area contributed by atoms with Crippen molar-refractivity contribution in [1.82, 2.24) is 9.88 Å². The van der Waals surface area contributed by atoms with Gasteiger partial charge in [0.05, 0.1) is 4.90 Å². The van der Waals surface area contributed by atoms with Gasteiger partial charge in [0.25, 0.3) is 5.56 Å². The van der Waals surface area contributed by atoms with E-state index in [2.05, 4.69) is 5.32 Å². The van der Waals surface area contributed by atoms with Gasteiger partial charge in [-0.2, -0.15) is 0 Å². The van der Waals surface area contributed by atoms with Crippen molar-refractivity contribution in [2.75, 3.05) is 6.26 Å². The molecule has 2 rings (SSSR count). The minimum atomic E-state index is -3.21. The largest absolute Gasteiger partial charge is 0.352 e. The summed E-state index contributed by atoms with van der Waals surface area (Å²) in [4.78, 5) is 23.6. The van der Waals surface area contributed by atoms with Crippen molar-refractivity contribution >= 4 is 15.7 Å². The molecular weight excluding hydrogens is 316 g/mol. The van der Waals surface area contributed by atoms with Crippen LogP contribution in [0.5, 0.6) is 0 Å². The molecule has 0 bridgehead atoms. The summed E-state index contributed by atoms with van der Waals surface area (Å²) in [5.74, 6) is -0.173. The number of hydrogen-bond donors (Lipinski definition) is 1. The second-order valence-electron chi connectivity index (χ2n) is 5.18. The molecule has 1 heterocycles. The van der Waals surface area contributed by atoms with Crippen molar-refractivity contribution in [3.8, 4) is 0 Å². The van der Waals surface area contributed by atoms with E-state index in [-0.39, 0.29) is 22.8 Å². The highest BCUT2D eigenvalue weighted by molar-refractivity contribution is 7.90. The van der Waals surface area contributed by atoms with E-state index in [1.54, 1.807) is 30.5 Å². The highest BCUT2D eigenvalue weighted by Crippen LogP contribution is 2.10. The van der Waals surface area contributed by atoms with Gasteiger partial charge in [-0.3, -0.25) is 9.59 Å². The highest BCUT2D eigenvalue weighted by Gasteiger charge is 2.07. The number of amides is 1. The first-order valence-electron chi connectivity index (χ1n) is 7.07. The van der Waals surface area contributed by atoms with Crippen molar-refractivity contribution in [2.24, 2.45) is 0 Å². The highest BCUT2D eigenvalue weighted by atomic mass is 32.2. The molecule has 1 aromatic carbocycles. The molecule has 0 atom stereocenters. The molecule has 0 spiro atoms. The van der Waals surface area contributed by atoms with Crippen LogP contribution in [0.2, 0.25) is 0 Å². The molecule has 1 aromatic heterocycles. The van der Waals surface area contributed by atoms with Gasteiger partial charge in [-0.1, -0.05) is 18.2 Å². The Labute approximate surface area is 134 Å². The third-order valence-electron chi connectivity index (χ3n) is 3.32. The lowest BCUT2D eigenvalue weighted by molar-refractivity contribution is -0.121. The van der Waals surface area contributed by atoms with E-state index >= 15 is 0 Å². The first-order chi connectivity index (χ1) is 10.9. The van der Waals surface area contributed by atoms with E-state index in [1.165, 1.54) is 22.8 Å². The Hall–Kier alpha value is -2.41. The molecule has 1 amide bonds. The zero-order valence-electron chi connectivity index (χ0n) is 12.7. The number of nitrogens with one attached hydrogen (secondary N) is 1. The van der Waals surface area contributed by atoms with E-state index < -0.39 is 9.84 Å². The molecular formula is C16H18N2O4S. The molecule has 7 heteroatoms. The summed E-state index contributed by atoms with van der Waals surface area (Å²) in [6, 6.07) is 11.2. The van der Waals surface area contributed by atoms with Crippen LogP contribution >= 0.6 is 0 Å². The van der Waals surface area contributed by atoms with Crippen LogP contribution in [-0.4, -0.2) is 25.1 Å². The number of sulfone groups is 1. The van der Waals surface area contributed by atoms with E-state index in [0.717, 1.165) is 11.8 Å². The average Bonchev–Trinajstić information content (AvgIpc) is 2.51. The number of aryl methyl sites for hydroxylation is 1. The van der Waals surface area contributed by atoms with Crippen LogP contribution in [0.25, 0.3) is 0 Å². The van der Waals surface area contributed by atoms with Gasteiger partial charge in [0.1, 0.15) is 0 Å². The van der Waals surface area contributed by atoms with Gasteiger partial charge >= 0.3 is 0 Å². The van der Waals surface area contributed by atoms with Gasteiger partial charge in [0.15, 0.2) is 9.84 Å². The van der Waals surface area contributed by atoms with Crippen LogP contribution in [0.3, 0.4) is 0 Å². The van der Waals surface area contributed by atoms with Crippen LogP contribution in [0.15, 0.2) is 58.4 Å². The van der Waals surface area contributed by atoms with Crippen molar-refractivity contribution in [2.45, 2.75) is 24.4 Å². The van der Waals surface area contributed by atoms with Crippen molar-refractivity contribution in [1.29, 1.82) is 0 Å². The minimum Gasteiger partial charge on any atom is -0.352 e. The normalized spacial score (nSPS) is 11.2. The topological polar surface area (TPSA) is 85.2 Å². The smallest absolute Gasteiger partial charge is 0.250 e. The summed E-state index contributed by atoms with van der Waals surface area (Å²) in [5.41, 5.74) is 0.666. The van der Waals surface area contributed by atoms with Crippen LogP contribution in [0.1, 0.15) is 12.0 Å². The van der Waals surface area contributed by atoms with Gasteiger partial charge in [-0.25, -0.2) is 8.42 Å². The van der Waals surface area contributed by atoms with Crippen LogP contribution in [0, 0.1) is 0 Å². The number of hydrogen-bond acceptors (Lipinski definition) is 4. The number of benzene rings is 1.